The summed E-state index contributed by atoms with van der Waals surface area (Å²) in [5, 5.41) is 1.09. The maximum absolute atomic E-state index is 13.5. The van der Waals surface area contributed by atoms with Gasteiger partial charge in [-0.25, -0.2) is 10.4 Å². The van der Waals surface area contributed by atoms with Crippen LogP contribution in [0.25, 0.3) is 0 Å². The first-order chi connectivity index (χ1) is 13.7. The van der Waals surface area contributed by atoms with Crippen molar-refractivity contribution in [1.82, 2.24) is 10.4 Å². The van der Waals surface area contributed by atoms with E-state index < -0.39 is 17.4 Å². The lowest BCUT2D eigenvalue weighted by molar-refractivity contribution is 0.0450. The van der Waals surface area contributed by atoms with Crippen molar-refractivity contribution < 1.29 is 19.1 Å². The molecule has 0 radical (unpaired) electrons. The van der Waals surface area contributed by atoms with Crippen LogP contribution >= 0.6 is 0 Å². The normalized spacial score (nSPS) is 13.3. The number of imide groups is 1. The molecule has 6 nitrogen and oxygen atoms in total. The van der Waals surface area contributed by atoms with Gasteiger partial charge in [-0.05, 0) is 75.9 Å². The zero-order valence-corrected chi connectivity index (χ0v) is 17.7. The number of hydrogen-bond donors (Lipinski definition) is 1. The summed E-state index contributed by atoms with van der Waals surface area (Å²) in [6, 6.07) is 10.4. The van der Waals surface area contributed by atoms with Gasteiger partial charge in [0.15, 0.2) is 0 Å². The van der Waals surface area contributed by atoms with E-state index >= 15 is 0 Å². The first-order valence-corrected chi connectivity index (χ1v) is 9.78. The first-order valence-electron chi connectivity index (χ1n) is 9.78. The van der Waals surface area contributed by atoms with E-state index in [1.54, 1.807) is 30.3 Å². The standard InChI is InChI=1S/C23H28N2O4/c1-15-16-10-8-14-29-20(16)13-12-17(15)21(26)25(24-23(2,3)4)22(27)18-9-6-7-11-19(18)28-5/h6-7,9,11-13,24H,8,10,14H2,1-5H3. The van der Waals surface area contributed by atoms with Gasteiger partial charge in [0.25, 0.3) is 11.8 Å². The van der Waals surface area contributed by atoms with Crippen LogP contribution in [0.3, 0.4) is 0 Å². The number of hydrogen-bond acceptors (Lipinski definition) is 5. The van der Waals surface area contributed by atoms with E-state index in [0.29, 0.717) is 23.5 Å². The molecule has 3 rings (SSSR count). The fraction of sp³-hybridized carbons (Fsp3) is 0.391. The lowest BCUT2D eigenvalue weighted by atomic mass is 9.95. The summed E-state index contributed by atoms with van der Waals surface area (Å²) in [5.74, 6) is 0.371. The van der Waals surface area contributed by atoms with Gasteiger partial charge in [0.2, 0.25) is 0 Å². The highest BCUT2D eigenvalue weighted by atomic mass is 16.5. The molecular formula is C23H28N2O4. The van der Waals surface area contributed by atoms with Crippen LogP contribution in [0.5, 0.6) is 11.5 Å². The van der Waals surface area contributed by atoms with Gasteiger partial charge in [-0.3, -0.25) is 9.59 Å². The summed E-state index contributed by atoms with van der Waals surface area (Å²) in [7, 11) is 1.50. The molecule has 0 atom stereocenters. The SMILES string of the molecule is COc1ccccc1C(=O)N(NC(C)(C)C)C(=O)c1ccc2c(c1C)CCCO2. The number of fused-ring (bicyclic) bond motifs is 1. The molecule has 1 N–H and O–H groups in total. The predicted octanol–water partition coefficient (Wildman–Crippen LogP) is 3.91. The maximum atomic E-state index is 13.5. The summed E-state index contributed by atoms with van der Waals surface area (Å²) in [6.45, 7) is 8.29. The number of amides is 2. The molecule has 0 fully saturated rings. The Morgan fingerprint density at radius 2 is 1.76 bits per heavy atom. The van der Waals surface area contributed by atoms with Crippen molar-refractivity contribution in [2.75, 3.05) is 13.7 Å². The quantitative estimate of drug-likeness (QED) is 0.627. The number of nitrogens with one attached hydrogen (secondary N) is 1. The molecule has 0 bridgehead atoms. The largest absolute Gasteiger partial charge is 0.496 e. The van der Waals surface area contributed by atoms with Crippen LogP contribution in [0.1, 0.15) is 59.0 Å². The highest BCUT2D eigenvalue weighted by Gasteiger charge is 2.31. The summed E-state index contributed by atoms with van der Waals surface area (Å²) in [5.41, 5.74) is 5.23. The molecule has 1 aliphatic rings. The van der Waals surface area contributed by atoms with Crippen LogP contribution in [0.15, 0.2) is 36.4 Å². The lowest BCUT2D eigenvalue weighted by Crippen LogP contribution is -2.55. The van der Waals surface area contributed by atoms with Crippen molar-refractivity contribution in [2.45, 2.75) is 46.1 Å². The minimum Gasteiger partial charge on any atom is -0.496 e. The van der Waals surface area contributed by atoms with E-state index in [0.717, 1.165) is 34.7 Å². The van der Waals surface area contributed by atoms with Gasteiger partial charge in [-0.15, -0.1) is 0 Å². The Kier molecular flexibility index (Phi) is 5.94. The van der Waals surface area contributed by atoms with Gasteiger partial charge in [0.1, 0.15) is 11.5 Å². The maximum Gasteiger partial charge on any atom is 0.279 e. The van der Waals surface area contributed by atoms with Gasteiger partial charge in [-0.2, -0.15) is 0 Å². The number of benzene rings is 2. The molecule has 6 heteroatoms. The van der Waals surface area contributed by atoms with Crippen molar-refractivity contribution in [3.63, 3.8) is 0 Å². The summed E-state index contributed by atoms with van der Waals surface area (Å²) in [6.07, 6.45) is 1.77. The Labute approximate surface area is 171 Å². The minimum atomic E-state index is -0.501. The topological polar surface area (TPSA) is 67.9 Å². The smallest absolute Gasteiger partial charge is 0.279 e. The van der Waals surface area contributed by atoms with E-state index in [4.69, 9.17) is 9.47 Å². The number of hydrazine groups is 1. The van der Waals surface area contributed by atoms with E-state index in [2.05, 4.69) is 5.43 Å². The Bertz CT molecular complexity index is 931. The molecule has 1 aliphatic heterocycles. The molecule has 29 heavy (non-hydrogen) atoms. The average Bonchev–Trinajstić information content (AvgIpc) is 2.71. The number of ether oxygens (including phenoxy) is 2. The highest BCUT2D eigenvalue weighted by Crippen LogP contribution is 2.31. The molecule has 154 valence electrons. The van der Waals surface area contributed by atoms with Gasteiger partial charge in [0.05, 0.1) is 19.3 Å². The fourth-order valence-corrected chi connectivity index (χ4v) is 3.43. The number of carbonyl (C=O) groups is 2. The summed E-state index contributed by atoms with van der Waals surface area (Å²) >= 11 is 0. The van der Waals surface area contributed by atoms with Crippen molar-refractivity contribution in [2.24, 2.45) is 0 Å². The molecule has 2 aromatic rings. The second-order valence-electron chi connectivity index (χ2n) is 8.17. The van der Waals surface area contributed by atoms with E-state index in [9.17, 15) is 9.59 Å². The molecule has 1 heterocycles. The van der Waals surface area contributed by atoms with E-state index in [-0.39, 0.29) is 0 Å². The van der Waals surface area contributed by atoms with Crippen LogP contribution in [0.2, 0.25) is 0 Å². The van der Waals surface area contributed by atoms with Crippen molar-refractivity contribution in [1.29, 1.82) is 0 Å². The van der Waals surface area contributed by atoms with Crippen LogP contribution < -0.4 is 14.9 Å². The number of para-hydroxylation sites is 1. The number of nitrogens with zero attached hydrogens (tertiary/aromatic N) is 1. The Morgan fingerprint density at radius 1 is 1.07 bits per heavy atom. The molecule has 0 unspecified atom stereocenters. The molecule has 0 aromatic heterocycles. The Morgan fingerprint density at radius 3 is 2.45 bits per heavy atom. The first kappa shape index (κ1) is 20.9. The summed E-state index contributed by atoms with van der Waals surface area (Å²) in [4.78, 5) is 26.9. The monoisotopic (exact) mass is 396 g/mol. The number of carbonyl (C=O) groups excluding carboxylic acids is 2. The zero-order valence-electron chi connectivity index (χ0n) is 17.7. The molecule has 0 spiro atoms. The minimum absolute atomic E-state index is 0.319. The Balaban J connectivity index is 2.03. The molecule has 0 saturated heterocycles. The molecule has 0 aliphatic carbocycles. The van der Waals surface area contributed by atoms with Crippen LogP contribution in [-0.4, -0.2) is 36.1 Å². The van der Waals surface area contributed by atoms with Gasteiger partial charge < -0.3 is 9.47 Å². The summed E-state index contributed by atoms with van der Waals surface area (Å²) < 4.78 is 11.0. The van der Waals surface area contributed by atoms with Gasteiger partial charge >= 0.3 is 0 Å². The number of methoxy groups -OCH3 is 1. The highest BCUT2D eigenvalue weighted by molar-refractivity contribution is 6.11. The predicted molar refractivity (Wildman–Crippen MR) is 111 cm³/mol. The molecule has 2 amide bonds. The third-order valence-electron chi connectivity index (χ3n) is 4.81. The second kappa shape index (κ2) is 8.25. The average molecular weight is 396 g/mol. The van der Waals surface area contributed by atoms with Gasteiger partial charge in [-0.1, -0.05) is 12.1 Å². The van der Waals surface area contributed by atoms with Crippen LogP contribution in [0.4, 0.5) is 0 Å². The van der Waals surface area contributed by atoms with Crippen molar-refractivity contribution in [3.05, 3.63) is 58.7 Å². The molecular weight excluding hydrogens is 368 g/mol. The Hall–Kier alpha value is -2.86. The van der Waals surface area contributed by atoms with Crippen LogP contribution in [-0.2, 0) is 6.42 Å². The van der Waals surface area contributed by atoms with E-state index in [1.807, 2.05) is 33.8 Å². The van der Waals surface area contributed by atoms with Crippen LogP contribution in [0, 0.1) is 6.92 Å². The number of rotatable bonds is 4. The second-order valence-corrected chi connectivity index (χ2v) is 8.17. The fourth-order valence-electron chi connectivity index (χ4n) is 3.43. The van der Waals surface area contributed by atoms with Gasteiger partial charge in [0, 0.05) is 11.1 Å². The lowest BCUT2D eigenvalue weighted by Gasteiger charge is -2.31. The van der Waals surface area contributed by atoms with Crippen molar-refractivity contribution >= 4 is 11.8 Å². The zero-order chi connectivity index (χ0) is 21.2. The third-order valence-corrected chi connectivity index (χ3v) is 4.81. The van der Waals surface area contributed by atoms with E-state index in [1.165, 1.54) is 7.11 Å². The third kappa shape index (κ3) is 4.43. The molecule has 0 saturated carbocycles. The molecule has 2 aromatic carbocycles. The van der Waals surface area contributed by atoms with Crippen molar-refractivity contribution in [3.8, 4) is 11.5 Å².